The van der Waals surface area contributed by atoms with Gasteiger partial charge in [-0.25, -0.2) is 0 Å². The molecule has 1 amide bonds. The monoisotopic (exact) mass is 229 g/mol. The summed E-state index contributed by atoms with van der Waals surface area (Å²) < 4.78 is 0. The zero-order valence-electron chi connectivity index (χ0n) is 9.52. The van der Waals surface area contributed by atoms with Crippen LogP contribution in [0, 0.1) is 11.3 Å². The van der Waals surface area contributed by atoms with Gasteiger partial charge in [-0.1, -0.05) is 18.2 Å². The van der Waals surface area contributed by atoms with Crippen molar-refractivity contribution in [3.8, 4) is 6.07 Å². The van der Waals surface area contributed by atoms with Gasteiger partial charge in [-0.2, -0.15) is 5.26 Å². The van der Waals surface area contributed by atoms with Crippen molar-refractivity contribution in [1.82, 2.24) is 5.32 Å². The minimum absolute atomic E-state index is 0.200. The Hall–Kier alpha value is -2.12. The molecule has 0 bridgehead atoms. The maximum Gasteiger partial charge on any atom is 0.237 e. The van der Waals surface area contributed by atoms with Crippen LogP contribution in [0.15, 0.2) is 36.9 Å². The van der Waals surface area contributed by atoms with Crippen molar-refractivity contribution in [2.75, 3.05) is 0 Å². The van der Waals surface area contributed by atoms with Crippen molar-refractivity contribution in [2.45, 2.75) is 19.0 Å². The van der Waals surface area contributed by atoms with Gasteiger partial charge < -0.3 is 11.1 Å². The lowest BCUT2D eigenvalue weighted by Gasteiger charge is -2.10. The average Bonchev–Trinajstić information content (AvgIpc) is 2.36. The molecule has 0 radical (unpaired) electrons. The molecule has 0 saturated heterocycles. The summed E-state index contributed by atoms with van der Waals surface area (Å²) in [4.78, 5) is 11.5. The molecule has 4 nitrogen and oxygen atoms in total. The van der Waals surface area contributed by atoms with E-state index in [0.717, 1.165) is 5.56 Å². The first kappa shape index (κ1) is 12.9. The highest BCUT2D eigenvalue weighted by molar-refractivity contribution is 5.81. The highest BCUT2D eigenvalue weighted by Crippen LogP contribution is 2.03. The highest BCUT2D eigenvalue weighted by Gasteiger charge is 2.10. The first-order valence-electron chi connectivity index (χ1n) is 5.30. The molecule has 0 aromatic heterocycles. The molecule has 1 unspecified atom stereocenters. The second-order valence-electron chi connectivity index (χ2n) is 3.66. The van der Waals surface area contributed by atoms with E-state index in [9.17, 15) is 4.79 Å². The van der Waals surface area contributed by atoms with Gasteiger partial charge >= 0.3 is 0 Å². The summed E-state index contributed by atoms with van der Waals surface area (Å²) in [7, 11) is 0. The molecule has 1 rings (SSSR count). The molecule has 0 heterocycles. The fourth-order valence-corrected chi connectivity index (χ4v) is 1.30. The van der Waals surface area contributed by atoms with Crippen LogP contribution in [0.25, 0.3) is 0 Å². The van der Waals surface area contributed by atoms with Crippen LogP contribution in [0.1, 0.15) is 17.5 Å². The fourth-order valence-electron chi connectivity index (χ4n) is 1.30. The van der Waals surface area contributed by atoms with Gasteiger partial charge in [-0.3, -0.25) is 4.79 Å². The van der Waals surface area contributed by atoms with E-state index in [0.29, 0.717) is 18.5 Å². The van der Waals surface area contributed by atoms with Crippen LogP contribution in [-0.2, 0) is 11.3 Å². The topological polar surface area (TPSA) is 78.9 Å². The predicted octanol–water partition coefficient (Wildman–Crippen LogP) is 1.08. The Morgan fingerprint density at radius 1 is 1.53 bits per heavy atom. The number of benzene rings is 1. The summed E-state index contributed by atoms with van der Waals surface area (Å²) in [5.74, 6) is -0.200. The maximum absolute atomic E-state index is 11.5. The number of carbonyl (C=O) groups is 1. The predicted molar refractivity (Wildman–Crippen MR) is 65.8 cm³/mol. The van der Waals surface area contributed by atoms with Gasteiger partial charge in [-0.15, -0.1) is 6.58 Å². The molecule has 0 aliphatic rings. The second-order valence-corrected chi connectivity index (χ2v) is 3.66. The summed E-state index contributed by atoms with van der Waals surface area (Å²) in [5.41, 5.74) is 7.15. The molecule has 17 heavy (non-hydrogen) atoms. The number of nitrogens with zero attached hydrogens (tertiary/aromatic N) is 1. The zero-order valence-corrected chi connectivity index (χ0v) is 9.52. The smallest absolute Gasteiger partial charge is 0.237 e. The van der Waals surface area contributed by atoms with Gasteiger partial charge in [0.05, 0.1) is 17.7 Å². The lowest BCUT2D eigenvalue weighted by molar-refractivity contribution is -0.122. The molecule has 0 spiro atoms. The first-order valence-corrected chi connectivity index (χ1v) is 5.30. The lowest BCUT2D eigenvalue weighted by Crippen LogP contribution is -2.39. The number of hydrogen-bond acceptors (Lipinski definition) is 3. The van der Waals surface area contributed by atoms with Gasteiger partial charge in [0.25, 0.3) is 0 Å². The Balaban J connectivity index is 2.47. The first-order chi connectivity index (χ1) is 8.17. The van der Waals surface area contributed by atoms with Crippen molar-refractivity contribution in [1.29, 1.82) is 5.26 Å². The standard InChI is InChI=1S/C13H15N3O/c1-2-3-12(15)13(17)16-9-11-6-4-10(8-14)5-7-11/h2,4-7,12H,1,3,9,15H2,(H,16,17). The number of carbonyl (C=O) groups excluding carboxylic acids is 1. The number of nitriles is 1. The van der Waals surface area contributed by atoms with E-state index in [1.54, 1.807) is 30.3 Å². The number of nitrogens with two attached hydrogens (primary N) is 1. The summed E-state index contributed by atoms with van der Waals surface area (Å²) >= 11 is 0. The average molecular weight is 229 g/mol. The van der Waals surface area contributed by atoms with Crippen molar-refractivity contribution in [3.63, 3.8) is 0 Å². The van der Waals surface area contributed by atoms with Gasteiger partial charge in [0.2, 0.25) is 5.91 Å². The van der Waals surface area contributed by atoms with E-state index in [1.165, 1.54) is 0 Å². The van der Waals surface area contributed by atoms with Crippen LogP contribution in [0.2, 0.25) is 0 Å². The number of hydrogen-bond donors (Lipinski definition) is 2. The molecule has 1 aromatic carbocycles. The summed E-state index contributed by atoms with van der Waals surface area (Å²) in [6, 6.07) is 8.52. The van der Waals surface area contributed by atoms with E-state index in [2.05, 4.69) is 11.9 Å². The lowest BCUT2D eigenvalue weighted by atomic mass is 10.1. The molecule has 3 N–H and O–H groups in total. The van der Waals surface area contributed by atoms with Crippen LogP contribution < -0.4 is 11.1 Å². The van der Waals surface area contributed by atoms with E-state index >= 15 is 0 Å². The molecular weight excluding hydrogens is 214 g/mol. The molecule has 0 saturated carbocycles. The minimum Gasteiger partial charge on any atom is -0.351 e. The molecule has 1 aromatic rings. The Morgan fingerprint density at radius 2 is 2.18 bits per heavy atom. The van der Waals surface area contributed by atoms with E-state index < -0.39 is 6.04 Å². The molecule has 1 atom stereocenters. The highest BCUT2D eigenvalue weighted by atomic mass is 16.2. The van der Waals surface area contributed by atoms with Gasteiger partial charge in [0.1, 0.15) is 0 Å². The Morgan fingerprint density at radius 3 is 2.71 bits per heavy atom. The normalized spacial score (nSPS) is 11.3. The van der Waals surface area contributed by atoms with Crippen molar-refractivity contribution in [2.24, 2.45) is 5.73 Å². The quantitative estimate of drug-likeness (QED) is 0.741. The van der Waals surface area contributed by atoms with E-state index in [1.807, 2.05) is 6.07 Å². The van der Waals surface area contributed by atoms with Crippen LogP contribution in [0.5, 0.6) is 0 Å². The van der Waals surface area contributed by atoms with E-state index in [4.69, 9.17) is 11.0 Å². The number of amides is 1. The van der Waals surface area contributed by atoms with Gasteiger partial charge in [0, 0.05) is 6.54 Å². The van der Waals surface area contributed by atoms with Gasteiger partial charge in [-0.05, 0) is 24.1 Å². The molecular formula is C13H15N3O. The summed E-state index contributed by atoms with van der Waals surface area (Å²) in [6.07, 6.45) is 2.07. The van der Waals surface area contributed by atoms with Crippen LogP contribution in [0.3, 0.4) is 0 Å². The molecule has 4 heteroatoms. The van der Waals surface area contributed by atoms with Crippen molar-refractivity contribution < 1.29 is 4.79 Å². The van der Waals surface area contributed by atoms with Crippen molar-refractivity contribution in [3.05, 3.63) is 48.0 Å². The third-order valence-corrected chi connectivity index (χ3v) is 2.31. The van der Waals surface area contributed by atoms with E-state index in [-0.39, 0.29) is 5.91 Å². The number of nitrogens with one attached hydrogen (secondary N) is 1. The zero-order chi connectivity index (χ0) is 12.7. The second kappa shape index (κ2) is 6.46. The Labute approximate surface area is 101 Å². The summed E-state index contributed by atoms with van der Waals surface area (Å²) in [5, 5.41) is 11.4. The number of rotatable bonds is 5. The van der Waals surface area contributed by atoms with Crippen LogP contribution in [0.4, 0.5) is 0 Å². The van der Waals surface area contributed by atoms with Crippen molar-refractivity contribution >= 4 is 5.91 Å². The summed E-state index contributed by atoms with van der Waals surface area (Å²) in [6.45, 7) is 3.94. The SMILES string of the molecule is C=CCC(N)C(=O)NCc1ccc(C#N)cc1. The minimum atomic E-state index is -0.550. The fraction of sp³-hybridized carbons (Fsp3) is 0.231. The van der Waals surface area contributed by atoms with Crippen LogP contribution >= 0.6 is 0 Å². The molecule has 0 aliphatic carbocycles. The molecule has 0 fully saturated rings. The maximum atomic E-state index is 11.5. The molecule has 88 valence electrons. The third-order valence-electron chi connectivity index (χ3n) is 2.31. The molecule has 0 aliphatic heterocycles. The Kier molecular flexibility index (Phi) is 4.92. The largest absolute Gasteiger partial charge is 0.351 e. The third kappa shape index (κ3) is 4.09. The van der Waals surface area contributed by atoms with Gasteiger partial charge in [0.15, 0.2) is 0 Å². The van der Waals surface area contributed by atoms with Crippen LogP contribution in [-0.4, -0.2) is 11.9 Å². The Bertz CT molecular complexity index is 431.